The van der Waals surface area contributed by atoms with E-state index >= 15 is 0 Å². The third kappa shape index (κ3) is 1.86. The van der Waals surface area contributed by atoms with Gasteiger partial charge in [0.15, 0.2) is 5.16 Å². The van der Waals surface area contributed by atoms with E-state index in [9.17, 15) is 4.79 Å². The quantitative estimate of drug-likeness (QED) is 0.531. The van der Waals surface area contributed by atoms with Crippen LogP contribution in [0.4, 0.5) is 0 Å². The second-order valence-electron chi connectivity index (χ2n) is 4.16. The molecule has 0 atom stereocenters. The summed E-state index contributed by atoms with van der Waals surface area (Å²) < 4.78 is 6.99. The zero-order valence-electron chi connectivity index (χ0n) is 10.6. The van der Waals surface area contributed by atoms with E-state index in [1.54, 1.807) is 17.9 Å². The predicted octanol–water partition coefficient (Wildman–Crippen LogP) is 2.92. The minimum Gasteiger partial charge on any atom is -0.445 e. The third-order valence-electron chi connectivity index (χ3n) is 3.04. The fourth-order valence-electron chi connectivity index (χ4n) is 2.07. The Labute approximate surface area is 114 Å². The number of rotatable bonds is 2. The van der Waals surface area contributed by atoms with Gasteiger partial charge in [-0.15, -0.1) is 0 Å². The molecule has 2 aromatic heterocycles. The fourth-order valence-corrected chi connectivity index (χ4v) is 2.60. The van der Waals surface area contributed by atoms with Crippen LogP contribution in [0.2, 0.25) is 0 Å². The molecule has 0 N–H and O–H groups in total. The van der Waals surface area contributed by atoms with Crippen molar-refractivity contribution in [3.05, 3.63) is 46.9 Å². The van der Waals surface area contributed by atoms with E-state index in [1.165, 1.54) is 11.8 Å². The first kappa shape index (κ1) is 12.0. The number of fused-ring (bicyclic) bond motifs is 1. The lowest BCUT2D eigenvalue weighted by Crippen LogP contribution is -2.19. The Hall–Kier alpha value is -2.01. The van der Waals surface area contributed by atoms with E-state index in [0.717, 1.165) is 11.1 Å². The molecule has 1 aromatic carbocycles. The van der Waals surface area contributed by atoms with Gasteiger partial charge in [0.2, 0.25) is 5.71 Å². The van der Waals surface area contributed by atoms with E-state index in [4.69, 9.17) is 4.42 Å². The lowest BCUT2D eigenvalue weighted by atomic mass is 10.1. The van der Waals surface area contributed by atoms with Crippen molar-refractivity contribution in [1.29, 1.82) is 0 Å². The van der Waals surface area contributed by atoms with E-state index in [-0.39, 0.29) is 5.56 Å². The van der Waals surface area contributed by atoms with Gasteiger partial charge in [0, 0.05) is 12.6 Å². The SMILES string of the molecule is CSc1nc2occ(-c3ccccc3)c2c(=O)n1C. The Balaban J connectivity index is 2.36. The Morgan fingerprint density at radius 1 is 1.26 bits per heavy atom. The molecule has 4 nitrogen and oxygen atoms in total. The van der Waals surface area contributed by atoms with E-state index in [2.05, 4.69) is 4.98 Å². The van der Waals surface area contributed by atoms with Gasteiger partial charge in [0.1, 0.15) is 11.6 Å². The lowest BCUT2D eigenvalue weighted by molar-refractivity contribution is 0.588. The van der Waals surface area contributed by atoms with Crippen molar-refractivity contribution in [2.75, 3.05) is 6.26 Å². The van der Waals surface area contributed by atoms with Gasteiger partial charge < -0.3 is 4.42 Å². The minimum absolute atomic E-state index is 0.0815. The van der Waals surface area contributed by atoms with Crippen molar-refractivity contribution >= 4 is 22.9 Å². The summed E-state index contributed by atoms with van der Waals surface area (Å²) in [5.74, 6) is 0. The Bertz CT molecular complexity index is 790. The Morgan fingerprint density at radius 2 is 2.00 bits per heavy atom. The first-order valence-corrected chi connectivity index (χ1v) is 7.02. The molecule has 19 heavy (non-hydrogen) atoms. The number of nitrogens with zero attached hydrogens (tertiary/aromatic N) is 2. The summed E-state index contributed by atoms with van der Waals surface area (Å²) >= 11 is 1.42. The third-order valence-corrected chi connectivity index (χ3v) is 3.77. The van der Waals surface area contributed by atoms with E-state index < -0.39 is 0 Å². The normalized spacial score (nSPS) is 11.1. The monoisotopic (exact) mass is 272 g/mol. The molecule has 0 unspecified atom stereocenters. The average molecular weight is 272 g/mol. The second kappa shape index (κ2) is 4.59. The summed E-state index contributed by atoms with van der Waals surface area (Å²) in [5, 5.41) is 1.18. The number of furan rings is 1. The van der Waals surface area contributed by atoms with Gasteiger partial charge in [-0.3, -0.25) is 9.36 Å². The highest BCUT2D eigenvalue weighted by molar-refractivity contribution is 7.98. The van der Waals surface area contributed by atoms with Crippen molar-refractivity contribution in [2.24, 2.45) is 7.05 Å². The number of aromatic nitrogens is 2. The molecule has 0 saturated heterocycles. The minimum atomic E-state index is -0.0815. The van der Waals surface area contributed by atoms with Crippen LogP contribution in [-0.4, -0.2) is 15.8 Å². The van der Waals surface area contributed by atoms with Crippen molar-refractivity contribution in [2.45, 2.75) is 5.16 Å². The molecule has 0 bridgehead atoms. The highest BCUT2D eigenvalue weighted by atomic mass is 32.2. The van der Waals surface area contributed by atoms with Gasteiger partial charge in [-0.25, -0.2) is 0 Å². The summed E-state index contributed by atoms with van der Waals surface area (Å²) in [7, 11) is 1.72. The molecule has 0 aliphatic carbocycles. The van der Waals surface area contributed by atoms with Crippen LogP contribution >= 0.6 is 11.8 Å². The van der Waals surface area contributed by atoms with Crippen molar-refractivity contribution in [1.82, 2.24) is 9.55 Å². The van der Waals surface area contributed by atoms with Crippen LogP contribution in [0.15, 0.2) is 51.0 Å². The van der Waals surface area contributed by atoms with E-state index in [0.29, 0.717) is 16.3 Å². The molecule has 3 rings (SSSR count). The molecule has 0 saturated carbocycles. The van der Waals surface area contributed by atoms with Crippen LogP contribution in [-0.2, 0) is 7.05 Å². The molecule has 0 fully saturated rings. The molecule has 2 heterocycles. The van der Waals surface area contributed by atoms with Crippen LogP contribution in [0, 0.1) is 0 Å². The molecule has 0 aliphatic rings. The Morgan fingerprint density at radius 3 is 2.68 bits per heavy atom. The number of thioether (sulfide) groups is 1. The summed E-state index contributed by atoms with van der Waals surface area (Å²) in [6.45, 7) is 0. The smallest absolute Gasteiger partial charge is 0.265 e. The van der Waals surface area contributed by atoms with Gasteiger partial charge in [0.05, 0.1) is 0 Å². The van der Waals surface area contributed by atoms with Gasteiger partial charge >= 0.3 is 0 Å². The van der Waals surface area contributed by atoms with Crippen LogP contribution < -0.4 is 5.56 Å². The number of hydrogen-bond donors (Lipinski definition) is 0. The van der Waals surface area contributed by atoms with Gasteiger partial charge in [-0.1, -0.05) is 42.1 Å². The largest absolute Gasteiger partial charge is 0.445 e. The van der Waals surface area contributed by atoms with Crippen LogP contribution in [0.1, 0.15) is 0 Å². The van der Waals surface area contributed by atoms with Gasteiger partial charge in [-0.2, -0.15) is 4.98 Å². The first-order valence-electron chi connectivity index (χ1n) is 5.80. The van der Waals surface area contributed by atoms with Crippen molar-refractivity contribution in [3.8, 4) is 11.1 Å². The van der Waals surface area contributed by atoms with Crippen LogP contribution in [0.3, 0.4) is 0 Å². The number of benzene rings is 1. The predicted molar refractivity (Wildman–Crippen MR) is 76.5 cm³/mol. The molecular formula is C14H12N2O2S. The molecule has 0 radical (unpaired) electrons. The summed E-state index contributed by atoms with van der Waals surface area (Å²) in [6, 6.07) is 9.71. The zero-order valence-corrected chi connectivity index (χ0v) is 11.4. The maximum Gasteiger partial charge on any atom is 0.265 e. The molecular weight excluding hydrogens is 260 g/mol. The van der Waals surface area contributed by atoms with Gasteiger partial charge in [0.25, 0.3) is 5.56 Å². The first-order chi connectivity index (χ1) is 9.22. The summed E-state index contributed by atoms with van der Waals surface area (Å²) in [5.41, 5.74) is 2.06. The highest BCUT2D eigenvalue weighted by Gasteiger charge is 2.16. The van der Waals surface area contributed by atoms with Crippen molar-refractivity contribution in [3.63, 3.8) is 0 Å². The topological polar surface area (TPSA) is 48.0 Å². The fraction of sp³-hybridized carbons (Fsp3) is 0.143. The maximum atomic E-state index is 12.4. The molecule has 96 valence electrons. The molecule has 0 spiro atoms. The maximum absolute atomic E-state index is 12.4. The number of hydrogen-bond acceptors (Lipinski definition) is 4. The standard InChI is InChI=1S/C14H12N2O2S/c1-16-13(17)11-10(9-6-4-3-5-7-9)8-18-12(11)15-14(16)19-2/h3-8H,1-2H3. The van der Waals surface area contributed by atoms with E-state index in [1.807, 2.05) is 36.6 Å². The van der Waals surface area contributed by atoms with Gasteiger partial charge in [-0.05, 0) is 11.8 Å². The highest BCUT2D eigenvalue weighted by Crippen LogP contribution is 2.28. The summed E-state index contributed by atoms with van der Waals surface area (Å²) in [4.78, 5) is 16.8. The summed E-state index contributed by atoms with van der Waals surface area (Å²) in [6.07, 6.45) is 3.48. The lowest BCUT2D eigenvalue weighted by Gasteiger charge is -2.04. The average Bonchev–Trinajstić information content (AvgIpc) is 2.87. The molecule has 0 aliphatic heterocycles. The molecule has 0 amide bonds. The second-order valence-corrected chi connectivity index (χ2v) is 4.93. The van der Waals surface area contributed by atoms with Crippen molar-refractivity contribution < 1.29 is 4.42 Å². The molecule has 3 aromatic rings. The zero-order chi connectivity index (χ0) is 13.4. The Kier molecular flexibility index (Phi) is 2.91. The van der Waals surface area contributed by atoms with Crippen LogP contribution in [0.5, 0.6) is 0 Å². The molecule has 5 heteroatoms. The van der Waals surface area contributed by atoms with Crippen LogP contribution in [0.25, 0.3) is 22.2 Å².